The van der Waals surface area contributed by atoms with Crippen LogP contribution in [0.2, 0.25) is 5.02 Å². The van der Waals surface area contributed by atoms with E-state index in [4.69, 9.17) is 11.6 Å². The Hall–Kier alpha value is -0.690. The molecule has 0 bridgehead atoms. The SMILES string of the molecule is C[C@H]1CCCc2c1ccc(Cl)c2NCC1CC1. The van der Waals surface area contributed by atoms with E-state index in [0.29, 0.717) is 5.92 Å². The van der Waals surface area contributed by atoms with E-state index < -0.39 is 0 Å². The van der Waals surface area contributed by atoms with Crippen molar-refractivity contribution in [2.75, 3.05) is 11.9 Å². The van der Waals surface area contributed by atoms with Crippen molar-refractivity contribution in [1.82, 2.24) is 0 Å². The van der Waals surface area contributed by atoms with Crippen molar-refractivity contribution in [3.63, 3.8) is 0 Å². The molecule has 3 rings (SSSR count). The minimum atomic E-state index is 0.692. The lowest BCUT2D eigenvalue weighted by atomic mass is 9.83. The largest absolute Gasteiger partial charge is 0.383 e. The molecule has 0 aliphatic heterocycles. The second-order valence-electron chi connectivity index (χ2n) is 5.61. The molecule has 1 atom stereocenters. The predicted octanol–water partition coefficient (Wildman–Crippen LogP) is 4.60. The third-order valence-electron chi connectivity index (χ3n) is 4.16. The normalized spacial score (nSPS) is 23.3. The second kappa shape index (κ2) is 4.53. The average Bonchev–Trinajstić information content (AvgIpc) is 3.12. The summed E-state index contributed by atoms with van der Waals surface area (Å²) in [6.07, 6.45) is 6.57. The smallest absolute Gasteiger partial charge is 0.0640 e. The minimum Gasteiger partial charge on any atom is -0.383 e. The Labute approximate surface area is 109 Å². The lowest BCUT2D eigenvalue weighted by Crippen LogP contribution is -2.13. The number of rotatable bonds is 3. The van der Waals surface area contributed by atoms with Crippen LogP contribution in [0.5, 0.6) is 0 Å². The van der Waals surface area contributed by atoms with Gasteiger partial charge in [0.15, 0.2) is 0 Å². The zero-order valence-corrected chi connectivity index (χ0v) is 11.2. The van der Waals surface area contributed by atoms with E-state index >= 15 is 0 Å². The Morgan fingerprint density at radius 2 is 2.12 bits per heavy atom. The van der Waals surface area contributed by atoms with Crippen LogP contribution in [0.15, 0.2) is 12.1 Å². The van der Waals surface area contributed by atoms with Gasteiger partial charge in [-0.2, -0.15) is 0 Å². The molecule has 2 aliphatic carbocycles. The maximum Gasteiger partial charge on any atom is 0.0640 e. The molecule has 0 heterocycles. The summed E-state index contributed by atoms with van der Waals surface area (Å²) in [5, 5.41) is 4.49. The molecule has 0 amide bonds. The summed E-state index contributed by atoms with van der Waals surface area (Å²) >= 11 is 6.35. The summed E-state index contributed by atoms with van der Waals surface area (Å²) in [5.74, 6) is 1.58. The lowest BCUT2D eigenvalue weighted by Gasteiger charge is -2.26. The highest BCUT2D eigenvalue weighted by Crippen LogP contribution is 2.39. The van der Waals surface area contributed by atoms with Gasteiger partial charge in [-0.1, -0.05) is 24.6 Å². The van der Waals surface area contributed by atoms with Crippen LogP contribution in [0, 0.1) is 5.92 Å². The van der Waals surface area contributed by atoms with E-state index in [0.717, 1.165) is 17.5 Å². The maximum atomic E-state index is 6.35. The number of anilines is 1. The second-order valence-corrected chi connectivity index (χ2v) is 6.01. The van der Waals surface area contributed by atoms with Gasteiger partial charge in [0.25, 0.3) is 0 Å². The molecule has 1 nitrogen and oxygen atoms in total. The van der Waals surface area contributed by atoms with Crippen molar-refractivity contribution < 1.29 is 0 Å². The summed E-state index contributed by atoms with van der Waals surface area (Å²) < 4.78 is 0. The van der Waals surface area contributed by atoms with Gasteiger partial charge in [-0.05, 0) is 61.1 Å². The Balaban J connectivity index is 1.90. The van der Waals surface area contributed by atoms with Crippen molar-refractivity contribution >= 4 is 17.3 Å². The fraction of sp³-hybridized carbons (Fsp3) is 0.600. The lowest BCUT2D eigenvalue weighted by molar-refractivity contribution is 0.591. The fourth-order valence-corrected chi connectivity index (χ4v) is 3.11. The van der Waals surface area contributed by atoms with E-state index in [-0.39, 0.29) is 0 Å². The van der Waals surface area contributed by atoms with Gasteiger partial charge in [0.05, 0.1) is 10.7 Å². The van der Waals surface area contributed by atoms with E-state index in [1.165, 1.54) is 48.9 Å². The highest BCUT2D eigenvalue weighted by Gasteiger charge is 2.24. The maximum absolute atomic E-state index is 6.35. The number of halogens is 1. The van der Waals surface area contributed by atoms with Gasteiger partial charge < -0.3 is 5.32 Å². The number of hydrogen-bond donors (Lipinski definition) is 1. The van der Waals surface area contributed by atoms with E-state index in [1.54, 1.807) is 0 Å². The highest BCUT2D eigenvalue weighted by molar-refractivity contribution is 6.33. The Morgan fingerprint density at radius 3 is 2.88 bits per heavy atom. The Morgan fingerprint density at radius 1 is 1.29 bits per heavy atom. The third kappa shape index (κ3) is 2.30. The van der Waals surface area contributed by atoms with E-state index in [9.17, 15) is 0 Å². The van der Waals surface area contributed by atoms with Crippen LogP contribution in [0.3, 0.4) is 0 Å². The number of nitrogens with one attached hydrogen (secondary N) is 1. The average molecular weight is 250 g/mol. The molecule has 1 saturated carbocycles. The first-order valence-corrected chi connectivity index (χ1v) is 7.18. The van der Waals surface area contributed by atoms with Crippen molar-refractivity contribution in [2.45, 2.75) is 44.9 Å². The first kappa shape index (κ1) is 11.4. The highest BCUT2D eigenvalue weighted by atomic mass is 35.5. The molecule has 2 aliphatic rings. The zero-order valence-electron chi connectivity index (χ0n) is 10.4. The van der Waals surface area contributed by atoms with Crippen LogP contribution in [0.25, 0.3) is 0 Å². The summed E-state index contributed by atoms with van der Waals surface area (Å²) in [7, 11) is 0. The van der Waals surface area contributed by atoms with Gasteiger partial charge >= 0.3 is 0 Å². The topological polar surface area (TPSA) is 12.0 Å². The van der Waals surface area contributed by atoms with Crippen LogP contribution in [-0.2, 0) is 6.42 Å². The van der Waals surface area contributed by atoms with Gasteiger partial charge in [-0.25, -0.2) is 0 Å². The molecule has 0 radical (unpaired) electrons. The van der Waals surface area contributed by atoms with E-state index in [2.05, 4.69) is 24.4 Å². The van der Waals surface area contributed by atoms with Crippen molar-refractivity contribution in [3.8, 4) is 0 Å². The van der Waals surface area contributed by atoms with Crippen LogP contribution in [0.1, 0.15) is 49.7 Å². The monoisotopic (exact) mass is 249 g/mol. The summed E-state index contributed by atoms with van der Waals surface area (Å²) in [4.78, 5) is 0. The number of fused-ring (bicyclic) bond motifs is 1. The first-order chi connectivity index (χ1) is 8.25. The molecule has 17 heavy (non-hydrogen) atoms. The molecule has 0 unspecified atom stereocenters. The van der Waals surface area contributed by atoms with Crippen LogP contribution < -0.4 is 5.32 Å². The summed E-state index contributed by atoms with van der Waals surface area (Å²) in [6.45, 7) is 3.43. The third-order valence-corrected chi connectivity index (χ3v) is 4.47. The molecule has 1 aromatic carbocycles. The van der Waals surface area contributed by atoms with Crippen molar-refractivity contribution in [1.29, 1.82) is 0 Å². The molecule has 1 N–H and O–H groups in total. The molecule has 0 spiro atoms. The summed E-state index contributed by atoms with van der Waals surface area (Å²) in [5.41, 5.74) is 4.22. The fourth-order valence-electron chi connectivity index (χ4n) is 2.87. The molecular weight excluding hydrogens is 230 g/mol. The molecule has 0 saturated heterocycles. The molecule has 92 valence electrons. The standard InChI is InChI=1S/C15H20ClN/c1-10-3-2-4-13-12(10)7-8-14(16)15(13)17-9-11-5-6-11/h7-8,10-11,17H,2-6,9H2,1H3/t10-/m0/s1. The minimum absolute atomic E-state index is 0.692. The van der Waals surface area contributed by atoms with Crippen LogP contribution >= 0.6 is 11.6 Å². The van der Waals surface area contributed by atoms with Gasteiger partial charge in [0.1, 0.15) is 0 Å². The van der Waals surface area contributed by atoms with Gasteiger partial charge in [-0.15, -0.1) is 0 Å². The molecular formula is C15H20ClN. The Bertz CT molecular complexity index is 423. The summed E-state index contributed by atoms with van der Waals surface area (Å²) in [6, 6.07) is 4.29. The van der Waals surface area contributed by atoms with Crippen molar-refractivity contribution in [3.05, 3.63) is 28.3 Å². The molecule has 1 aromatic rings. The van der Waals surface area contributed by atoms with Crippen LogP contribution in [0.4, 0.5) is 5.69 Å². The quantitative estimate of drug-likeness (QED) is 0.826. The van der Waals surface area contributed by atoms with Gasteiger partial charge in [0, 0.05) is 6.54 Å². The molecule has 2 heteroatoms. The number of hydrogen-bond acceptors (Lipinski definition) is 1. The van der Waals surface area contributed by atoms with E-state index in [1.807, 2.05) is 0 Å². The van der Waals surface area contributed by atoms with Gasteiger partial charge in [-0.3, -0.25) is 0 Å². The number of benzene rings is 1. The van der Waals surface area contributed by atoms with Crippen molar-refractivity contribution in [2.24, 2.45) is 5.92 Å². The molecule has 1 fully saturated rings. The molecule has 0 aromatic heterocycles. The zero-order chi connectivity index (χ0) is 11.8. The van der Waals surface area contributed by atoms with Gasteiger partial charge in [0.2, 0.25) is 0 Å². The first-order valence-electron chi connectivity index (χ1n) is 6.81. The van der Waals surface area contributed by atoms with Crippen LogP contribution in [-0.4, -0.2) is 6.54 Å². The Kier molecular flexibility index (Phi) is 3.04. The predicted molar refractivity (Wildman–Crippen MR) is 74.0 cm³/mol.